The van der Waals surface area contributed by atoms with Crippen LogP contribution in [0.5, 0.6) is 0 Å². The minimum atomic E-state index is -0.210. The summed E-state index contributed by atoms with van der Waals surface area (Å²) in [5.74, 6) is 0.299. The van der Waals surface area contributed by atoms with Gasteiger partial charge in [-0.25, -0.2) is 0 Å². The molecule has 0 bridgehead atoms. The van der Waals surface area contributed by atoms with Crippen LogP contribution in [0.4, 0.5) is 5.69 Å². The smallest absolute Gasteiger partial charge is 0.227 e. The van der Waals surface area contributed by atoms with Crippen molar-refractivity contribution in [2.75, 3.05) is 11.4 Å². The van der Waals surface area contributed by atoms with Gasteiger partial charge < -0.3 is 10.2 Å². The van der Waals surface area contributed by atoms with Crippen LogP contribution in [0, 0.1) is 5.92 Å². The Morgan fingerprint density at radius 2 is 2.09 bits per heavy atom. The second-order valence-electron chi connectivity index (χ2n) is 6.56. The molecule has 0 spiro atoms. The summed E-state index contributed by atoms with van der Waals surface area (Å²) in [4.78, 5) is 26.4. The standard InChI is InChI=1S/C18H24N2O2/c1-3-12(2)15-6-4-5-7-16(15)20-11-13(10-17(20)21)18(22)19-14-8-9-14/h4-7,12-14H,3,8-11H2,1-2H3,(H,19,22)/t12-,13-/m0/s1. The maximum absolute atomic E-state index is 12.4. The van der Waals surface area contributed by atoms with Crippen molar-refractivity contribution in [3.05, 3.63) is 29.8 Å². The zero-order valence-electron chi connectivity index (χ0n) is 13.3. The SMILES string of the molecule is CC[C@H](C)c1ccccc1N1C[C@@H](C(=O)NC2CC2)CC1=O. The van der Waals surface area contributed by atoms with Gasteiger partial charge in [0.2, 0.25) is 11.8 Å². The predicted octanol–water partition coefficient (Wildman–Crippen LogP) is 2.83. The first-order valence-corrected chi connectivity index (χ1v) is 8.29. The molecule has 1 aliphatic heterocycles. The van der Waals surface area contributed by atoms with Gasteiger partial charge in [-0.3, -0.25) is 9.59 Å². The Bertz CT molecular complexity index is 580. The summed E-state index contributed by atoms with van der Waals surface area (Å²) in [7, 11) is 0. The van der Waals surface area contributed by atoms with E-state index in [4.69, 9.17) is 0 Å². The van der Waals surface area contributed by atoms with Crippen LogP contribution in [0.2, 0.25) is 0 Å². The number of nitrogens with zero attached hydrogens (tertiary/aromatic N) is 1. The molecule has 1 aromatic carbocycles. The molecule has 4 heteroatoms. The summed E-state index contributed by atoms with van der Waals surface area (Å²) in [5.41, 5.74) is 2.17. The zero-order chi connectivity index (χ0) is 15.7. The van der Waals surface area contributed by atoms with Gasteiger partial charge in [0, 0.05) is 24.7 Å². The second kappa shape index (κ2) is 6.11. The lowest BCUT2D eigenvalue weighted by Gasteiger charge is -2.23. The number of benzene rings is 1. The Balaban J connectivity index is 1.77. The van der Waals surface area contributed by atoms with Gasteiger partial charge in [-0.05, 0) is 36.8 Å². The molecule has 4 nitrogen and oxygen atoms in total. The van der Waals surface area contributed by atoms with Crippen molar-refractivity contribution < 1.29 is 9.59 Å². The maximum Gasteiger partial charge on any atom is 0.227 e. The molecule has 2 atom stereocenters. The number of carbonyl (C=O) groups is 2. The Morgan fingerprint density at radius 3 is 2.77 bits per heavy atom. The van der Waals surface area contributed by atoms with Crippen LogP contribution in [0.1, 0.15) is 51.0 Å². The van der Waals surface area contributed by atoms with Gasteiger partial charge in [0.05, 0.1) is 5.92 Å². The summed E-state index contributed by atoms with van der Waals surface area (Å²) in [5, 5.41) is 3.02. The first-order chi connectivity index (χ1) is 10.6. The Kier molecular flexibility index (Phi) is 4.19. The summed E-state index contributed by atoms with van der Waals surface area (Å²) in [6.45, 7) is 4.83. The van der Waals surface area contributed by atoms with Crippen LogP contribution in [-0.4, -0.2) is 24.4 Å². The van der Waals surface area contributed by atoms with Crippen molar-refractivity contribution >= 4 is 17.5 Å². The average molecular weight is 300 g/mol. The molecule has 3 rings (SSSR count). The number of rotatable bonds is 5. The highest BCUT2D eigenvalue weighted by atomic mass is 16.2. The van der Waals surface area contributed by atoms with E-state index in [1.165, 1.54) is 5.56 Å². The van der Waals surface area contributed by atoms with Gasteiger partial charge in [0.1, 0.15) is 0 Å². The first kappa shape index (κ1) is 15.1. The van der Waals surface area contributed by atoms with E-state index in [0.29, 0.717) is 24.9 Å². The van der Waals surface area contributed by atoms with Crippen LogP contribution in [0.25, 0.3) is 0 Å². The third-order valence-corrected chi connectivity index (χ3v) is 4.79. The normalized spacial score (nSPS) is 22.7. The molecule has 1 aliphatic carbocycles. The predicted molar refractivity (Wildman–Crippen MR) is 86.8 cm³/mol. The monoisotopic (exact) mass is 300 g/mol. The summed E-state index contributed by atoms with van der Waals surface area (Å²) in [6.07, 6.45) is 3.51. The largest absolute Gasteiger partial charge is 0.353 e. The van der Waals surface area contributed by atoms with E-state index < -0.39 is 0 Å². The van der Waals surface area contributed by atoms with Crippen molar-refractivity contribution in [2.24, 2.45) is 5.92 Å². The lowest BCUT2D eigenvalue weighted by atomic mass is 9.96. The lowest BCUT2D eigenvalue weighted by molar-refractivity contribution is -0.126. The fourth-order valence-electron chi connectivity index (χ4n) is 3.03. The molecule has 2 amide bonds. The van der Waals surface area contributed by atoms with Crippen molar-refractivity contribution in [1.29, 1.82) is 0 Å². The molecule has 1 N–H and O–H groups in total. The molecular formula is C18H24N2O2. The third-order valence-electron chi connectivity index (χ3n) is 4.79. The fourth-order valence-corrected chi connectivity index (χ4v) is 3.03. The number of para-hydroxylation sites is 1. The highest BCUT2D eigenvalue weighted by Crippen LogP contribution is 2.33. The van der Waals surface area contributed by atoms with Gasteiger partial charge in [-0.2, -0.15) is 0 Å². The number of amides is 2. The van der Waals surface area contributed by atoms with Crippen molar-refractivity contribution in [3.8, 4) is 0 Å². The molecule has 1 saturated heterocycles. The minimum Gasteiger partial charge on any atom is -0.353 e. The fraction of sp³-hybridized carbons (Fsp3) is 0.556. The summed E-state index contributed by atoms with van der Waals surface area (Å²) >= 11 is 0. The lowest BCUT2D eigenvalue weighted by Crippen LogP contribution is -2.34. The number of nitrogens with one attached hydrogen (secondary N) is 1. The quantitative estimate of drug-likeness (QED) is 0.909. The third kappa shape index (κ3) is 3.01. The highest BCUT2D eigenvalue weighted by molar-refractivity contribution is 6.01. The number of anilines is 1. The van der Waals surface area contributed by atoms with Gasteiger partial charge >= 0.3 is 0 Å². The van der Waals surface area contributed by atoms with Crippen molar-refractivity contribution in [3.63, 3.8) is 0 Å². The molecular weight excluding hydrogens is 276 g/mol. The zero-order valence-corrected chi connectivity index (χ0v) is 13.3. The van der Waals surface area contributed by atoms with Gasteiger partial charge in [0.15, 0.2) is 0 Å². The van der Waals surface area contributed by atoms with E-state index in [1.54, 1.807) is 4.90 Å². The van der Waals surface area contributed by atoms with E-state index in [2.05, 4.69) is 25.2 Å². The van der Waals surface area contributed by atoms with E-state index in [1.807, 2.05) is 18.2 Å². The topological polar surface area (TPSA) is 49.4 Å². The maximum atomic E-state index is 12.4. The molecule has 0 unspecified atom stereocenters. The molecule has 1 heterocycles. The second-order valence-corrected chi connectivity index (χ2v) is 6.56. The van der Waals surface area contributed by atoms with Crippen LogP contribution in [0.15, 0.2) is 24.3 Å². The molecule has 1 aromatic rings. The van der Waals surface area contributed by atoms with Gasteiger partial charge in [0.25, 0.3) is 0 Å². The minimum absolute atomic E-state index is 0.0411. The number of carbonyl (C=O) groups excluding carboxylic acids is 2. The molecule has 118 valence electrons. The van der Waals surface area contributed by atoms with E-state index in [-0.39, 0.29) is 17.7 Å². The molecule has 22 heavy (non-hydrogen) atoms. The van der Waals surface area contributed by atoms with Crippen LogP contribution in [0.3, 0.4) is 0 Å². The Morgan fingerprint density at radius 1 is 1.36 bits per heavy atom. The van der Waals surface area contributed by atoms with Gasteiger partial charge in [-0.15, -0.1) is 0 Å². The highest BCUT2D eigenvalue weighted by Gasteiger charge is 2.37. The van der Waals surface area contributed by atoms with E-state index in [9.17, 15) is 9.59 Å². The Hall–Kier alpha value is -1.84. The number of hydrogen-bond donors (Lipinski definition) is 1. The first-order valence-electron chi connectivity index (χ1n) is 8.29. The van der Waals surface area contributed by atoms with Gasteiger partial charge in [-0.1, -0.05) is 32.0 Å². The molecule has 0 aromatic heterocycles. The van der Waals surface area contributed by atoms with Crippen LogP contribution >= 0.6 is 0 Å². The molecule has 2 fully saturated rings. The van der Waals surface area contributed by atoms with Crippen molar-refractivity contribution in [1.82, 2.24) is 5.32 Å². The molecule has 2 aliphatic rings. The summed E-state index contributed by atoms with van der Waals surface area (Å²) < 4.78 is 0. The summed E-state index contributed by atoms with van der Waals surface area (Å²) in [6, 6.07) is 8.42. The Labute approximate surface area is 131 Å². The van der Waals surface area contributed by atoms with E-state index >= 15 is 0 Å². The van der Waals surface area contributed by atoms with Crippen molar-refractivity contribution in [2.45, 2.75) is 51.5 Å². The molecule has 0 radical (unpaired) electrons. The number of hydrogen-bond acceptors (Lipinski definition) is 2. The average Bonchev–Trinajstić information content (AvgIpc) is 3.26. The van der Waals surface area contributed by atoms with Crippen LogP contribution in [-0.2, 0) is 9.59 Å². The molecule has 1 saturated carbocycles. The van der Waals surface area contributed by atoms with Crippen LogP contribution < -0.4 is 10.2 Å². The van der Waals surface area contributed by atoms with E-state index in [0.717, 1.165) is 24.9 Å².